The number of ether oxygens (including phenoxy) is 2. The maximum atomic E-state index is 13.2. The van der Waals surface area contributed by atoms with E-state index in [0.717, 1.165) is 26.4 Å². The number of Topliss-reactive ketones (excluding diaryl/α,β-unsaturated/α-hetero) is 2. The third kappa shape index (κ3) is 13.4. The first-order chi connectivity index (χ1) is 16.1. The van der Waals surface area contributed by atoms with Crippen LogP contribution in [0.5, 0.6) is 0 Å². The molecule has 0 aromatic carbocycles. The second-order valence-corrected chi connectivity index (χ2v) is 10.1. The van der Waals surface area contributed by atoms with E-state index in [0.29, 0.717) is 6.42 Å². The van der Waals surface area contributed by atoms with E-state index in [9.17, 15) is 24.0 Å². The van der Waals surface area contributed by atoms with Crippen LogP contribution in [0.15, 0.2) is 0 Å². The first-order valence-electron chi connectivity index (χ1n) is 12.3. The molecule has 0 aliphatic rings. The van der Waals surface area contributed by atoms with Gasteiger partial charge in [-0.05, 0) is 41.0 Å². The number of amides is 2. The van der Waals surface area contributed by atoms with Crippen LogP contribution in [0, 0.1) is 5.92 Å². The number of ketones is 2. The molecule has 0 rings (SSSR count). The van der Waals surface area contributed by atoms with Crippen molar-refractivity contribution in [3.63, 3.8) is 0 Å². The molecule has 0 spiro atoms. The summed E-state index contributed by atoms with van der Waals surface area (Å²) < 4.78 is 10.6. The molecule has 202 valence electrons. The van der Waals surface area contributed by atoms with E-state index in [1.807, 2.05) is 20.8 Å². The van der Waals surface area contributed by atoms with Crippen molar-refractivity contribution in [1.29, 1.82) is 0 Å². The molecule has 0 unspecified atom stereocenters. The van der Waals surface area contributed by atoms with Crippen molar-refractivity contribution in [2.24, 2.45) is 11.7 Å². The van der Waals surface area contributed by atoms with Crippen molar-refractivity contribution in [2.75, 3.05) is 7.11 Å². The van der Waals surface area contributed by atoms with Crippen LogP contribution in [0.4, 0.5) is 0 Å². The Morgan fingerprint density at radius 1 is 0.943 bits per heavy atom. The first kappa shape index (κ1) is 32.7. The Balaban J connectivity index is 5.44. The highest BCUT2D eigenvalue weighted by Crippen LogP contribution is 2.17. The molecule has 0 aromatic rings. The molecule has 35 heavy (non-hydrogen) atoms. The van der Waals surface area contributed by atoms with Gasteiger partial charge in [0.1, 0.15) is 17.9 Å². The lowest BCUT2D eigenvalue weighted by molar-refractivity contribution is -0.147. The minimum absolute atomic E-state index is 0.215. The Bertz CT molecular complexity index is 733. The van der Waals surface area contributed by atoms with Crippen molar-refractivity contribution in [3.05, 3.63) is 0 Å². The largest absolute Gasteiger partial charge is 0.467 e. The van der Waals surface area contributed by atoms with Crippen LogP contribution >= 0.6 is 0 Å². The average Bonchev–Trinajstić information content (AvgIpc) is 2.74. The summed E-state index contributed by atoms with van der Waals surface area (Å²) in [4.78, 5) is 61.9. The molecule has 5 atom stereocenters. The Hall–Kier alpha value is -2.33. The molecule has 4 N–H and O–H groups in total. The Morgan fingerprint density at radius 3 is 2.03 bits per heavy atom. The van der Waals surface area contributed by atoms with Crippen LogP contribution in [-0.2, 0) is 33.4 Å². The number of hydrogen-bond donors (Lipinski definition) is 3. The minimum atomic E-state index is -1.14. The van der Waals surface area contributed by atoms with Crippen LogP contribution in [-0.4, -0.2) is 66.3 Å². The molecule has 0 saturated heterocycles. The predicted molar refractivity (Wildman–Crippen MR) is 132 cm³/mol. The van der Waals surface area contributed by atoms with Crippen LogP contribution < -0.4 is 16.4 Å². The maximum Gasteiger partial charge on any atom is 0.328 e. The lowest BCUT2D eigenvalue weighted by Crippen LogP contribution is -2.55. The fourth-order valence-electron chi connectivity index (χ4n) is 3.55. The minimum Gasteiger partial charge on any atom is -0.467 e. The van der Waals surface area contributed by atoms with Gasteiger partial charge in [-0.1, -0.05) is 33.1 Å². The molecule has 0 heterocycles. The second kappa shape index (κ2) is 15.6. The number of unbranched alkanes of at least 4 members (excludes halogenated alkanes) is 2. The van der Waals surface area contributed by atoms with Gasteiger partial charge in [-0.15, -0.1) is 0 Å². The summed E-state index contributed by atoms with van der Waals surface area (Å²) in [6.07, 6.45) is 2.14. The number of nitrogens with one attached hydrogen (secondary N) is 2. The maximum absolute atomic E-state index is 13.2. The van der Waals surface area contributed by atoms with E-state index in [1.54, 1.807) is 6.92 Å². The topological polar surface area (TPSA) is 154 Å². The molecule has 0 aromatic heterocycles. The number of hydrogen-bond acceptors (Lipinski definition) is 8. The van der Waals surface area contributed by atoms with E-state index in [4.69, 9.17) is 10.5 Å². The van der Waals surface area contributed by atoms with Gasteiger partial charge in [-0.3, -0.25) is 19.2 Å². The number of carbonyl (C=O) groups is 5. The summed E-state index contributed by atoms with van der Waals surface area (Å²) in [6.45, 7) is 12.1. The molecular formula is C25H45N3O7. The second-order valence-electron chi connectivity index (χ2n) is 10.1. The van der Waals surface area contributed by atoms with E-state index >= 15 is 0 Å². The van der Waals surface area contributed by atoms with Crippen molar-refractivity contribution in [3.8, 4) is 0 Å². The fourth-order valence-corrected chi connectivity index (χ4v) is 3.55. The van der Waals surface area contributed by atoms with Gasteiger partial charge in [0.05, 0.1) is 24.9 Å². The Kier molecular flexibility index (Phi) is 14.6. The molecule has 0 radical (unpaired) electrons. The Labute approximate surface area is 209 Å². The quantitative estimate of drug-likeness (QED) is 0.215. The molecule has 10 nitrogen and oxygen atoms in total. The van der Waals surface area contributed by atoms with Crippen LogP contribution in [0.25, 0.3) is 0 Å². The first-order valence-corrected chi connectivity index (χ1v) is 12.3. The van der Waals surface area contributed by atoms with E-state index in [1.165, 1.54) is 13.8 Å². The summed E-state index contributed by atoms with van der Waals surface area (Å²) in [7, 11) is 1.16. The van der Waals surface area contributed by atoms with Crippen LogP contribution in [0.3, 0.4) is 0 Å². The zero-order chi connectivity index (χ0) is 27.3. The van der Waals surface area contributed by atoms with Crippen LogP contribution in [0.1, 0.15) is 87.0 Å². The normalized spacial score (nSPS) is 15.8. The standard InChI is InChI=1S/C25H45N3O7/c1-9-10-11-12-18(26)23(32)28-21(17(4)35-25(5,6)7)20(30)13-15(2)22(31)27-19(14-16(3)29)24(33)34-8/h15,17-19,21H,9-14,26H2,1-8H3,(H,27,31)(H,28,32)/t15-,17-,18+,19+,21+/m1/s1. The average molecular weight is 500 g/mol. The summed E-state index contributed by atoms with van der Waals surface area (Å²) in [6, 6.07) is -2.91. The number of methoxy groups -OCH3 is 1. The summed E-state index contributed by atoms with van der Waals surface area (Å²) in [5.74, 6) is -3.31. The Morgan fingerprint density at radius 2 is 1.54 bits per heavy atom. The number of nitrogens with two attached hydrogens (primary N) is 1. The van der Waals surface area contributed by atoms with E-state index in [2.05, 4.69) is 22.3 Å². The highest BCUT2D eigenvalue weighted by Gasteiger charge is 2.34. The van der Waals surface area contributed by atoms with Crippen LogP contribution in [0.2, 0.25) is 0 Å². The number of carbonyl (C=O) groups excluding carboxylic acids is 5. The number of rotatable bonds is 16. The van der Waals surface area contributed by atoms with Gasteiger partial charge in [0.2, 0.25) is 11.8 Å². The zero-order valence-corrected chi connectivity index (χ0v) is 22.6. The van der Waals surface area contributed by atoms with Gasteiger partial charge in [-0.25, -0.2) is 4.79 Å². The lowest BCUT2D eigenvalue weighted by Gasteiger charge is -2.31. The fraction of sp³-hybridized carbons (Fsp3) is 0.800. The summed E-state index contributed by atoms with van der Waals surface area (Å²) in [5, 5.41) is 5.19. The summed E-state index contributed by atoms with van der Waals surface area (Å²) >= 11 is 0. The molecule has 0 saturated carbocycles. The molecule has 0 aliphatic heterocycles. The molecule has 0 aliphatic carbocycles. The molecule has 0 bridgehead atoms. The summed E-state index contributed by atoms with van der Waals surface area (Å²) in [5.41, 5.74) is 5.45. The van der Waals surface area contributed by atoms with Gasteiger partial charge in [0, 0.05) is 18.8 Å². The van der Waals surface area contributed by atoms with Crippen molar-refractivity contribution in [2.45, 2.75) is 117 Å². The molecule has 0 fully saturated rings. The van der Waals surface area contributed by atoms with Gasteiger partial charge in [-0.2, -0.15) is 0 Å². The third-order valence-electron chi connectivity index (χ3n) is 5.36. The molecule has 2 amide bonds. The molecular weight excluding hydrogens is 454 g/mol. The van der Waals surface area contributed by atoms with Crippen molar-refractivity contribution in [1.82, 2.24) is 10.6 Å². The van der Waals surface area contributed by atoms with Crippen molar-refractivity contribution < 1.29 is 33.4 Å². The van der Waals surface area contributed by atoms with Gasteiger partial charge in [0.25, 0.3) is 0 Å². The van der Waals surface area contributed by atoms with Gasteiger partial charge in [0.15, 0.2) is 5.78 Å². The highest BCUT2D eigenvalue weighted by atomic mass is 16.5. The molecule has 10 heteroatoms. The van der Waals surface area contributed by atoms with E-state index in [-0.39, 0.29) is 18.6 Å². The predicted octanol–water partition coefficient (Wildman–Crippen LogP) is 1.81. The van der Waals surface area contributed by atoms with E-state index < -0.39 is 59.3 Å². The highest BCUT2D eigenvalue weighted by molar-refractivity contribution is 5.95. The van der Waals surface area contributed by atoms with Gasteiger partial charge >= 0.3 is 5.97 Å². The third-order valence-corrected chi connectivity index (χ3v) is 5.36. The monoisotopic (exact) mass is 499 g/mol. The SMILES string of the molecule is CCCCC[C@H](N)C(=O)N[C@H](C(=O)C[C@@H](C)C(=O)N[C@@H](CC(C)=O)C(=O)OC)[C@@H](C)OC(C)(C)C. The smallest absolute Gasteiger partial charge is 0.328 e. The lowest BCUT2D eigenvalue weighted by atomic mass is 9.95. The zero-order valence-electron chi connectivity index (χ0n) is 22.6. The van der Waals surface area contributed by atoms with Gasteiger partial charge < -0.3 is 25.8 Å². The van der Waals surface area contributed by atoms with Crippen molar-refractivity contribution >= 4 is 29.4 Å². The number of esters is 1.